The monoisotopic (exact) mass is 207 g/mol. The van der Waals surface area contributed by atoms with E-state index in [0.717, 1.165) is 5.56 Å². The lowest BCUT2D eigenvalue weighted by atomic mass is 9.93. The van der Waals surface area contributed by atoms with E-state index < -0.39 is 12.2 Å². The van der Waals surface area contributed by atoms with Gasteiger partial charge < -0.3 is 15.9 Å². The molecule has 4 N–H and O–H groups in total. The summed E-state index contributed by atoms with van der Waals surface area (Å²) in [5.41, 5.74) is 8.17. The quantitative estimate of drug-likeness (QED) is 0.629. The number of rotatable bonds is 1. The van der Waals surface area contributed by atoms with Gasteiger partial charge in [-0.2, -0.15) is 0 Å². The maximum absolute atomic E-state index is 9.59. The smallest absolute Gasteiger partial charge is 0.0955 e. The average Bonchev–Trinajstić information content (AvgIpc) is 2.46. The van der Waals surface area contributed by atoms with Gasteiger partial charge in [0.25, 0.3) is 0 Å². The lowest BCUT2D eigenvalue weighted by Crippen LogP contribution is -2.37. The Hall–Kier alpha value is -0.900. The number of aryl methyl sites for hydroxylation is 1. The van der Waals surface area contributed by atoms with Crippen LogP contribution in [0.1, 0.15) is 23.5 Å². The van der Waals surface area contributed by atoms with E-state index in [2.05, 4.69) is 6.07 Å². The summed E-state index contributed by atoms with van der Waals surface area (Å²) in [4.78, 5) is 0. The fourth-order valence-corrected chi connectivity index (χ4v) is 2.31. The van der Waals surface area contributed by atoms with E-state index in [-0.39, 0.29) is 12.0 Å². The zero-order chi connectivity index (χ0) is 11.0. The Kier molecular flexibility index (Phi) is 2.78. The first-order valence-corrected chi connectivity index (χ1v) is 5.28. The van der Waals surface area contributed by atoms with Crippen LogP contribution in [0.5, 0.6) is 0 Å². The van der Waals surface area contributed by atoms with Crippen molar-refractivity contribution in [3.05, 3.63) is 35.4 Å². The molecule has 1 aromatic carbocycles. The molecule has 0 amide bonds. The van der Waals surface area contributed by atoms with Crippen molar-refractivity contribution >= 4 is 0 Å². The molecule has 4 atom stereocenters. The molecule has 1 fully saturated rings. The van der Waals surface area contributed by atoms with Crippen LogP contribution in [0.4, 0.5) is 0 Å². The fourth-order valence-electron chi connectivity index (χ4n) is 2.31. The van der Waals surface area contributed by atoms with Gasteiger partial charge in [-0.15, -0.1) is 0 Å². The summed E-state index contributed by atoms with van der Waals surface area (Å²) in [6.45, 7) is 2.02. The zero-order valence-electron chi connectivity index (χ0n) is 8.80. The molecule has 3 nitrogen and oxygen atoms in total. The van der Waals surface area contributed by atoms with Crippen LogP contribution in [-0.4, -0.2) is 28.5 Å². The molecule has 0 radical (unpaired) electrons. The maximum Gasteiger partial charge on any atom is 0.0955 e. The lowest BCUT2D eigenvalue weighted by molar-refractivity contribution is 0.0363. The number of nitrogens with two attached hydrogens (primary N) is 1. The third kappa shape index (κ3) is 1.91. The predicted molar refractivity (Wildman–Crippen MR) is 58.5 cm³/mol. The highest BCUT2D eigenvalue weighted by atomic mass is 16.3. The van der Waals surface area contributed by atoms with Crippen LogP contribution in [0.25, 0.3) is 0 Å². The standard InChI is InChI=1S/C12H17NO2/c1-7-3-2-4-8(5-7)9-6-10(14)12(15)11(9)13/h2-5,9-12,14-15H,6,13H2,1H3/t9?,10-,11-,12-/m1/s1. The second-order valence-corrected chi connectivity index (χ2v) is 4.39. The normalized spacial score (nSPS) is 35.7. The van der Waals surface area contributed by atoms with E-state index in [0.29, 0.717) is 6.42 Å². The van der Waals surface area contributed by atoms with Gasteiger partial charge in [0.05, 0.1) is 12.2 Å². The van der Waals surface area contributed by atoms with Gasteiger partial charge in [-0.3, -0.25) is 0 Å². The van der Waals surface area contributed by atoms with Gasteiger partial charge >= 0.3 is 0 Å². The molecule has 0 aromatic heterocycles. The third-order valence-electron chi connectivity index (χ3n) is 3.22. The number of benzene rings is 1. The number of hydrogen-bond donors (Lipinski definition) is 3. The lowest BCUT2D eigenvalue weighted by Gasteiger charge is -2.17. The summed E-state index contributed by atoms with van der Waals surface area (Å²) in [6, 6.07) is 7.71. The van der Waals surface area contributed by atoms with Gasteiger partial charge in [-0.25, -0.2) is 0 Å². The fraction of sp³-hybridized carbons (Fsp3) is 0.500. The minimum absolute atomic E-state index is 0.0647. The number of aliphatic hydroxyl groups excluding tert-OH is 2. The molecule has 0 bridgehead atoms. The second-order valence-electron chi connectivity index (χ2n) is 4.39. The number of hydrogen-bond acceptors (Lipinski definition) is 3. The Morgan fingerprint density at radius 1 is 1.33 bits per heavy atom. The summed E-state index contributed by atoms with van der Waals surface area (Å²) in [5.74, 6) is 0.0647. The first-order valence-electron chi connectivity index (χ1n) is 5.28. The molecule has 2 rings (SSSR count). The van der Waals surface area contributed by atoms with Gasteiger partial charge in [-0.05, 0) is 18.9 Å². The largest absolute Gasteiger partial charge is 0.390 e. The Bertz CT molecular complexity index is 353. The summed E-state index contributed by atoms with van der Waals surface area (Å²) in [6.07, 6.45) is -0.938. The molecule has 15 heavy (non-hydrogen) atoms. The van der Waals surface area contributed by atoms with Crippen molar-refractivity contribution in [2.24, 2.45) is 5.73 Å². The Morgan fingerprint density at radius 2 is 2.07 bits per heavy atom. The molecule has 1 unspecified atom stereocenters. The zero-order valence-corrected chi connectivity index (χ0v) is 8.80. The van der Waals surface area contributed by atoms with Crippen molar-refractivity contribution < 1.29 is 10.2 Å². The molecule has 3 heteroatoms. The summed E-state index contributed by atoms with van der Waals surface area (Å²) >= 11 is 0. The van der Waals surface area contributed by atoms with E-state index in [9.17, 15) is 10.2 Å². The van der Waals surface area contributed by atoms with E-state index >= 15 is 0 Å². The molecule has 1 aliphatic carbocycles. The summed E-state index contributed by atoms with van der Waals surface area (Å²) < 4.78 is 0. The molecule has 1 aromatic rings. The highest BCUT2D eigenvalue weighted by Gasteiger charge is 2.39. The van der Waals surface area contributed by atoms with Gasteiger partial charge in [0.2, 0.25) is 0 Å². The van der Waals surface area contributed by atoms with Crippen LogP contribution in [0.15, 0.2) is 24.3 Å². The van der Waals surface area contributed by atoms with Gasteiger partial charge in [0.1, 0.15) is 0 Å². The second kappa shape index (κ2) is 3.93. The van der Waals surface area contributed by atoms with Crippen molar-refractivity contribution in [3.63, 3.8) is 0 Å². The topological polar surface area (TPSA) is 66.5 Å². The van der Waals surface area contributed by atoms with E-state index in [1.807, 2.05) is 25.1 Å². The third-order valence-corrected chi connectivity index (χ3v) is 3.22. The predicted octanol–water partition coefficient (Wildman–Crippen LogP) is 0.531. The number of aliphatic hydroxyl groups is 2. The summed E-state index contributed by atoms with van der Waals surface area (Å²) in [5, 5.41) is 19.1. The van der Waals surface area contributed by atoms with Crippen molar-refractivity contribution in [1.29, 1.82) is 0 Å². The van der Waals surface area contributed by atoms with Crippen molar-refractivity contribution in [3.8, 4) is 0 Å². The molecular formula is C12H17NO2. The first kappa shape index (κ1) is 10.6. The minimum Gasteiger partial charge on any atom is -0.390 e. The van der Waals surface area contributed by atoms with E-state index in [1.54, 1.807) is 0 Å². The van der Waals surface area contributed by atoms with Crippen LogP contribution >= 0.6 is 0 Å². The van der Waals surface area contributed by atoms with Crippen LogP contribution in [-0.2, 0) is 0 Å². The first-order chi connectivity index (χ1) is 7.09. The van der Waals surface area contributed by atoms with E-state index in [4.69, 9.17) is 5.73 Å². The van der Waals surface area contributed by atoms with Gasteiger partial charge in [0.15, 0.2) is 0 Å². The molecular weight excluding hydrogens is 190 g/mol. The van der Waals surface area contributed by atoms with E-state index in [1.165, 1.54) is 5.56 Å². The molecule has 0 heterocycles. The molecule has 1 aliphatic rings. The van der Waals surface area contributed by atoms with Crippen LogP contribution in [0, 0.1) is 6.92 Å². The van der Waals surface area contributed by atoms with Crippen molar-refractivity contribution in [1.82, 2.24) is 0 Å². The maximum atomic E-state index is 9.59. The van der Waals surface area contributed by atoms with Gasteiger partial charge in [0, 0.05) is 12.0 Å². The molecule has 0 aliphatic heterocycles. The molecule has 1 saturated carbocycles. The Morgan fingerprint density at radius 3 is 2.60 bits per heavy atom. The summed E-state index contributed by atoms with van der Waals surface area (Å²) in [7, 11) is 0. The highest BCUT2D eigenvalue weighted by molar-refractivity contribution is 5.28. The Labute approximate surface area is 89.5 Å². The SMILES string of the molecule is Cc1cccc(C2C[C@@H](O)[C@@H](O)[C@@H]2N)c1. The molecule has 0 saturated heterocycles. The van der Waals surface area contributed by atoms with Crippen LogP contribution < -0.4 is 5.73 Å². The van der Waals surface area contributed by atoms with Crippen LogP contribution in [0.3, 0.4) is 0 Å². The minimum atomic E-state index is -0.796. The van der Waals surface area contributed by atoms with Crippen molar-refractivity contribution in [2.75, 3.05) is 0 Å². The molecule has 82 valence electrons. The van der Waals surface area contributed by atoms with Gasteiger partial charge in [-0.1, -0.05) is 29.8 Å². The molecule has 0 spiro atoms. The van der Waals surface area contributed by atoms with Crippen molar-refractivity contribution in [2.45, 2.75) is 37.5 Å². The van der Waals surface area contributed by atoms with Crippen LogP contribution in [0.2, 0.25) is 0 Å². The average molecular weight is 207 g/mol. The highest BCUT2D eigenvalue weighted by Crippen LogP contribution is 2.34. The Balaban J connectivity index is 2.25.